The van der Waals surface area contributed by atoms with Gasteiger partial charge in [-0.2, -0.15) is 0 Å². The number of esters is 4. The van der Waals surface area contributed by atoms with Gasteiger partial charge in [-0.05, 0) is 37.5 Å². The van der Waals surface area contributed by atoms with Crippen molar-refractivity contribution in [3.8, 4) is 0 Å². The highest BCUT2D eigenvalue weighted by Crippen LogP contribution is 2.45. The van der Waals surface area contributed by atoms with Crippen LogP contribution in [0.1, 0.15) is 395 Å². The van der Waals surface area contributed by atoms with E-state index in [0.717, 1.165) is 108 Å². The summed E-state index contributed by atoms with van der Waals surface area (Å²) >= 11 is 0. The minimum absolute atomic E-state index is 0.107. The van der Waals surface area contributed by atoms with Crippen LogP contribution in [0.4, 0.5) is 0 Å². The van der Waals surface area contributed by atoms with Crippen LogP contribution in [0.5, 0.6) is 0 Å². The molecular formula is C76H148O17P2. The zero-order valence-corrected chi connectivity index (χ0v) is 63.8. The van der Waals surface area contributed by atoms with Crippen LogP contribution in [-0.4, -0.2) is 96.7 Å². The van der Waals surface area contributed by atoms with Crippen LogP contribution in [0.2, 0.25) is 0 Å². The molecule has 17 nitrogen and oxygen atoms in total. The Balaban J connectivity index is 5.23. The Morgan fingerprint density at radius 3 is 0.800 bits per heavy atom. The minimum Gasteiger partial charge on any atom is -0.462 e. The van der Waals surface area contributed by atoms with E-state index in [1.165, 1.54) is 205 Å². The summed E-state index contributed by atoms with van der Waals surface area (Å²) in [5, 5.41) is 10.6. The largest absolute Gasteiger partial charge is 0.472 e. The van der Waals surface area contributed by atoms with E-state index in [4.69, 9.17) is 37.0 Å². The molecule has 0 aromatic rings. The average Bonchev–Trinajstić information content (AvgIpc) is 2.88. The highest BCUT2D eigenvalue weighted by Gasteiger charge is 2.30. The Morgan fingerprint density at radius 2 is 0.537 bits per heavy atom. The average molecular weight is 1400 g/mol. The number of aliphatic hydroxyl groups is 1. The van der Waals surface area contributed by atoms with Crippen LogP contribution < -0.4 is 0 Å². The van der Waals surface area contributed by atoms with Crippen LogP contribution in [0.3, 0.4) is 0 Å². The van der Waals surface area contributed by atoms with Crippen LogP contribution >= 0.6 is 15.6 Å². The maximum atomic E-state index is 13.1. The summed E-state index contributed by atoms with van der Waals surface area (Å²) in [7, 11) is -9.91. The molecule has 564 valence electrons. The first-order chi connectivity index (χ1) is 45.9. The molecule has 19 heteroatoms. The lowest BCUT2D eigenvalue weighted by Crippen LogP contribution is -2.30. The topological polar surface area (TPSA) is 237 Å². The number of carbonyl (C=O) groups excluding carboxylic acids is 4. The van der Waals surface area contributed by atoms with Gasteiger partial charge in [0.1, 0.15) is 19.3 Å². The molecule has 0 fully saturated rings. The van der Waals surface area contributed by atoms with E-state index >= 15 is 0 Å². The van der Waals surface area contributed by atoms with E-state index < -0.39 is 97.5 Å². The first kappa shape index (κ1) is 93.1. The number of phosphoric ester groups is 2. The molecule has 3 unspecified atom stereocenters. The monoisotopic (exact) mass is 1400 g/mol. The molecule has 0 aliphatic heterocycles. The lowest BCUT2D eigenvalue weighted by Gasteiger charge is -2.21. The van der Waals surface area contributed by atoms with Gasteiger partial charge in [0.2, 0.25) is 0 Å². The predicted molar refractivity (Wildman–Crippen MR) is 386 cm³/mol. The maximum Gasteiger partial charge on any atom is 0.472 e. The first-order valence-electron chi connectivity index (χ1n) is 39.5. The van der Waals surface area contributed by atoms with Gasteiger partial charge in [0, 0.05) is 25.7 Å². The fourth-order valence-corrected chi connectivity index (χ4v) is 13.2. The summed E-state index contributed by atoms with van der Waals surface area (Å²) in [5.74, 6) is -0.574. The molecule has 0 rings (SSSR count). The Bertz CT molecular complexity index is 1840. The Labute approximate surface area is 581 Å². The van der Waals surface area contributed by atoms with Crippen molar-refractivity contribution in [3.63, 3.8) is 0 Å². The van der Waals surface area contributed by atoms with E-state index in [2.05, 4.69) is 41.5 Å². The zero-order valence-electron chi connectivity index (χ0n) is 62.0. The molecule has 6 atom stereocenters. The molecule has 0 bridgehead atoms. The van der Waals surface area contributed by atoms with Gasteiger partial charge in [-0.15, -0.1) is 0 Å². The van der Waals surface area contributed by atoms with Crippen molar-refractivity contribution < 1.29 is 80.2 Å². The van der Waals surface area contributed by atoms with Crippen LogP contribution in [0.15, 0.2) is 0 Å². The number of unbranched alkanes of at least 4 members (excludes halogenated alkanes) is 44. The molecule has 0 saturated carbocycles. The molecule has 0 aromatic carbocycles. The van der Waals surface area contributed by atoms with E-state index in [0.29, 0.717) is 25.7 Å². The summed E-state index contributed by atoms with van der Waals surface area (Å²) in [5.41, 5.74) is 0. The fraction of sp³-hybridized carbons (Fsp3) is 0.947. The molecule has 95 heavy (non-hydrogen) atoms. The molecule has 0 saturated heterocycles. The van der Waals surface area contributed by atoms with Crippen molar-refractivity contribution in [2.24, 2.45) is 11.8 Å². The number of ether oxygens (including phenoxy) is 4. The third-order valence-corrected chi connectivity index (χ3v) is 20.0. The molecule has 3 N–H and O–H groups in total. The predicted octanol–water partition coefficient (Wildman–Crippen LogP) is 22.3. The number of rotatable bonds is 75. The smallest absolute Gasteiger partial charge is 0.462 e. The maximum absolute atomic E-state index is 13.1. The summed E-state index contributed by atoms with van der Waals surface area (Å²) in [6, 6.07) is 0. The van der Waals surface area contributed by atoms with Gasteiger partial charge in [0.25, 0.3) is 0 Å². The molecule has 0 aliphatic carbocycles. The van der Waals surface area contributed by atoms with Crippen molar-refractivity contribution in [2.45, 2.75) is 413 Å². The Morgan fingerprint density at radius 1 is 0.305 bits per heavy atom. The molecule has 0 spiro atoms. The molecule has 0 aliphatic rings. The Hall–Kier alpha value is -1.94. The lowest BCUT2D eigenvalue weighted by molar-refractivity contribution is -0.161. The van der Waals surface area contributed by atoms with Gasteiger partial charge in [0.15, 0.2) is 12.2 Å². The second kappa shape index (κ2) is 67.9. The minimum atomic E-state index is -4.96. The number of carbonyl (C=O) groups is 4. The number of hydrogen-bond donors (Lipinski definition) is 3. The number of hydrogen-bond acceptors (Lipinski definition) is 15. The SMILES string of the molecule is CCCCCCCCCCCCCCCCC(=O)OC[C@H](COP(=O)(O)OC[C@@H](O)COP(=O)(O)OC[C@@H](COC(=O)CCCCCCCCC(C)CC)OC(=O)CCCCCCCCCCCCCC)OC(=O)CCCCCCCCCCCCCCCCCCC(C)C. The first-order valence-corrected chi connectivity index (χ1v) is 42.5. The van der Waals surface area contributed by atoms with Gasteiger partial charge in [-0.3, -0.25) is 37.3 Å². The van der Waals surface area contributed by atoms with Crippen molar-refractivity contribution in [1.29, 1.82) is 0 Å². The lowest BCUT2D eigenvalue weighted by atomic mass is 10.00. The van der Waals surface area contributed by atoms with Crippen molar-refractivity contribution in [3.05, 3.63) is 0 Å². The van der Waals surface area contributed by atoms with Gasteiger partial charge in [-0.25, -0.2) is 9.13 Å². The third-order valence-electron chi connectivity index (χ3n) is 18.1. The van der Waals surface area contributed by atoms with E-state index in [1.54, 1.807) is 0 Å². The second-order valence-corrected chi connectivity index (χ2v) is 31.0. The van der Waals surface area contributed by atoms with Crippen molar-refractivity contribution >= 4 is 39.5 Å². The number of aliphatic hydroxyl groups excluding tert-OH is 1. The Kier molecular flexibility index (Phi) is 66.5. The van der Waals surface area contributed by atoms with Gasteiger partial charge in [0.05, 0.1) is 26.4 Å². The highest BCUT2D eigenvalue weighted by molar-refractivity contribution is 7.47. The third kappa shape index (κ3) is 69.0. The van der Waals surface area contributed by atoms with E-state index in [1.807, 2.05) is 0 Å². The normalized spacial score (nSPS) is 14.3. The molecule has 0 amide bonds. The molecule has 0 radical (unpaired) electrons. The van der Waals surface area contributed by atoms with Gasteiger partial charge in [-0.1, -0.05) is 343 Å². The summed E-state index contributed by atoms with van der Waals surface area (Å²) in [6.45, 7) is 9.59. The molecular weight excluding hydrogens is 1250 g/mol. The summed E-state index contributed by atoms with van der Waals surface area (Å²) in [4.78, 5) is 72.8. The highest BCUT2D eigenvalue weighted by atomic mass is 31.2. The van der Waals surface area contributed by atoms with E-state index in [-0.39, 0.29) is 25.7 Å². The van der Waals surface area contributed by atoms with Crippen molar-refractivity contribution in [2.75, 3.05) is 39.6 Å². The number of phosphoric acid groups is 2. The molecule has 0 aromatic heterocycles. The molecule has 0 heterocycles. The van der Waals surface area contributed by atoms with Crippen molar-refractivity contribution in [1.82, 2.24) is 0 Å². The zero-order chi connectivity index (χ0) is 70.0. The summed E-state index contributed by atoms with van der Waals surface area (Å²) in [6.07, 6.45) is 55.4. The standard InChI is InChI=1S/C76H148O17P2/c1-7-10-12-14-16-18-20-22-28-32-35-39-46-52-58-73(78)86-64-71(92-76(81)61-55-49-41-37-33-29-26-24-23-25-27-30-34-38-44-50-56-68(4)5)66-90-94(82,83)88-62-70(77)63-89-95(84,85)91-67-72(65-87-74(79)59-53-47-43-42-45-51-57-69(6)9-3)93-75(80)60-54-48-40-36-31-21-19-17-15-13-11-8-2/h68-72,77H,7-67H2,1-6H3,(H,82,83)(H,84,85)/t69?,70-,71-,72-/m1/s1. The summed E-state index contributed by atoms with van der Waals surface area (Å²) < 4.78 is 68.5. The van der Waals surface area contributed by atoms with Gasteiger partial charge >= 0.3 is 39.5 Å². The fourth-order valence-electron chi connectivity index (χ4n) is 11.6. The van der Waals surface area contributed by atoms with Crippen LogP contribution in [-0.2, 0) is 65.4 Å². The quantitative estimate of drug-likeness (QED) is 0.0222. The van der Waals surface area contributed by atoms with Gasteiger partial charge < -0.3 is 33.8 Å². The second-order valence-electron chi connectivity index (χ2n) is 28.1. The van der Waals surface area contributed by atoms with E-state index in [9.17, 15) is 43.2 Å². The van der Waals surface area contributed by atoms with Crippen LogP contribution in [0.25, 0.3) is 0 Å². The van der Waals surface area contributed by atoms with Crippen LogP contribution in [0, 0.1) is 11.8 Å².